The molecule has 0 radical (unpaired) electrons. The van der Waals surface area contributed by atoms with Gasteiger partial charge in [-0.2, -0.15) is 0 Å². The van der Waals surface area contributed by atoms with Crippen LogP contribution in [0.3, 0.4) is 0 Å². The first-order chi connectivity index (χ1) is 9.90. The molecule has 0 saturated carbocycles. The van der Waals surface area contributed by atoms with Crippen LogP contribution in [0.2, 0.25) is 0 Å². The monoisotopic (exact) mass is 319 g/mol. The zero-order valence-electron chi connectivity index (χ0n) is 11.8. The molecule has 0 bridgehead atoms. The molecule has 2 fully saturated rings. The van der Waals surface area contributed by atoms with Crippen LogP contribution in [0.15, 0.2) is 0 Å². The van der Waals surface area contributed by atoms with Crippen molar-refractivity contribution in [2.75, 3.05) is 31.9 Å². The second-order valence-electron chi connectivity index (χ2n) is 5.37. The highest BCUT2D eigenvalue weighted by Crippen LogP contribution is 2.20. The number of sulfonamides is 1. The predicted octanol–water partition coefficient (Wildman–Crippen LogP) is -0.329. The summed E-state index contributed by atoms with van der Waals surface area (Å²) < 4.78 is 25.6. The third-order valence-electron chi connectivity index (χ3n) is 3.94. The van der Waals surface area contributed by atoms with Gasteiger partial charge in [0.2, 0.25) is 10.0 Å². The summed E-state index contributed by atoms with van der Waals surface area (Å²) in [5.41, 5.74) is 0. The van der Waals surface area contributed by atoms with Crippen molar-refractivity contribution in [2.45, 2.75) is 31.7 Å². The Hall–Kier alpha value is -1.35. The first-order valence-electron chi connectivity index (χ1n) is 7.14. The Labute approximate surface area is 124 Å². The van der Waals surface area contributed by atoms with Gasteiger partial charge in [0.05, 0.1) is 5.75 Å². The van der Waals surface area contributed by atoms with Crippen LogP contribution < -0.4 is 5.32 Å². The SMILES string of the molecule is O=C(O)CCCS(=O)(=O)N1CCC(N2CCNC2=O)CC1. The molecular weight excluding hydrogens is 298 g/mol. The molecule has 0 aliphatic carbocycles. The van der Waals surface area contributed by atoms with E-state index >= 15 is 0 Å². The summed E-state index contributed by atoms with van der Waals surface area (Å²) in [7, 11) is -3.39. The molecular formula is C12H21N3O5S. The molecule has 0 aromatic carbocycles. The van der Waals surface area contributed by atoms with Crippen LogP contribution in [0, 0.1) is 0 Å². The van der Waals surface area contributed by atoms with E-state index in [1.165, 1.54) is 4.31 Å². The zero-order chi connectivity index (χ0) is 15.5. The van der Waals surface area contributed by atoms with Gasteiger partial charge >= 0.3 is 12.0 Å². The van der Waals surface area contributed by atoms with Crippen LogP contribution in [0.25, 0.3) is 0 Å². The highest BCUT2D eigenvalue weighted by molar-refractivity contribution is 7.89. The molecule has 2 rings (SSSR count). The van der Waals surface area contributed by atoms with Crippen LogP contribution in [0.5, 0.6) is 0 Å². The molecule has 8 nitrogen and oxygen atoms in total. The molecule has 21 heavy (non-hydrogen) atoms. The standard InChI is InChI=1S/C12H21N3O5S/c16-11(17)2-1-9-21(19,20)14-6-3-10(4-7-14)15-8-5-13-12(15)18/h10H,1-9H2,(H,13,18)(H,16,17). The number of hydrogen-bond acceptors (Lipinski definition) is 4. The van der Waals surface area contributed by atoms with Crippen LogP contribution in [-0.2, 0) is 14.8 Å². The van der Waals surface area contributed by atoms with E-state index in [1.54, 1.807) is 4.90 Å². The van der Waals surface area contributed by atoms with Crippen LogP contribution in [-0.4, -0.2) is 72.7 Å². The second-order valence-corrected chi connectivity index (χ2v) is 7.46. The second kappa shape index (κ2) is 6.61. The lowest BCUT2D eigenvalue weighted by Gasteiger charge is -2.35. The minimum atomic E-state index is -3.39. The molecule has 0 unspecified atom stereocenters. The number of amides is 2. The fourth-order valence-corrected chi connectivity index (χ4v) is 4.34. The lowest BCUT2D eigenvalue weighted by molar-refractivity contribution is -0.137. The number of carbonyl (C=O) groups excluding carboxylic acids is 1. The fraction of sp³-hybridized carbons (Fsp3) is 0.833. The Bertz CT molecular complexity index is 499. The van der Waals surface area contributed by atoms with Crippen molar-refractivity contribution in [1.82, 2.24) is 14.5 Å². The predicted molar refractivity (Wildman–Crippen MR) is 75.4 cm³/mol. The van der Waals surface area contributed by atoms with Gasteiger partial charge in [-0.25, -0.2) is 17.5 Å². The number of urea groups is 1. The number of carbonyl (C=O) groups is 2. The normalized spacial score (nSPS) is 21.5. The summed E-state index contributed by atoms with van der Waals surface area (Å²) in [6.45, 7) is 2.11. The van der Waals surface area contributed by atoms with Crippen molar-refractivity contribution in [1.29, 1.82) is 0 Å². The van der Waals surface area contributed by atoms with Gasteiger partial charge in [0.15, 0.2) is 0 Å². The maximum absolute atomic E-state index is 12.1. The smallest absolute Gasteiger partial charge is 0.317 e. The number of nitrogens with zero attached hydrogens (tertiary/aromatic N) is 2. The van der Waals surface area contributed by atoms with Crippen molar-refractivity contribution in [3.8, 4) is 0 Å². The minimum absolute atomic E-state index is 0.0715. The number of piperidine rings is 1. The van der Waals surface area contributed by atoms with E-state index in [0.717, 1.165) is 0 Å². The Morgan fingerprint density at radius 2 is 1.95 bits per heavy atom. The van der Waals surface area contributed by atoms with Crippen molar-refractivity contribution < 1.29 is 23.1 Å². The third kappa shape index (κ3) is 4.07. The molecule has 0 aromatic rings. The summed E-state index contributed by atoms with van der Waals surface area (Å²) in [5, 5.41) is 11.3. The van der Waals surface area contributed by atoms with Gasteiger partial charge in [0.25, 0.3) is 0 Å². The van der Waals surface area contributed by atoms with Crippen molar-refractivity contribution in [3.05, 3.63) is 0 Å². The summed E-state index contributed by atoms with van der Waals surface area (Å²) in [5.74, 6) is -1.11. The van der Waals surface area contributed by atoms with Gasteiger partial charge in [-0.15, -0.1) is 0 Å². The van der Waals surface area contributed by atoms with E-state index < -0.39 is 16.0 Å². The van der Waals surface area contributed by atoms with E-state index in [-0.39, 0.29) is 30.7 Å². The molecule has 2 N–H and O–H groups in total. The Morgan fingerprint density at radius 1 is 1.29 bits per heavy atom. The third-order valence-corrected chi connectivity index (χ3v) is 5.90. The quantitative estimate of drug-likeness (QED) is 0.697. The molecule has 0 aromatic heterocycles. The summed E-state index contributed by atoms with van der Waals surface area (Å²) >= 11 is 0. The topological polar surface area (TPSA) is 107 Å². The highest BCUT2D eigenvalue weighted by atomic mass is 32.2. The van der Waals surface area contributed by atoms with E-state index in [2.05, 4.69) is 5.32 Å². The Kier molecular flexibility index (Phi) is 5.04. The molecule has 9 heteroatoms. The Balaban J connectivity index is 1.82. The Morgan fingerprint density at radius 3 is 2.48 bits per heavy atom. The van der Waals surface area contributed by atoms with Crippen molar-refractivity contribution in [2.24, 2.45) is 0 Å². The van der Waals surface area contributed by atoms with E-state index in [0.29, 0.717) is 39.0 Å². The van der Waals surface area contributed by atoms with E-state index in [1.807, 2.05) is 0 Å². The maximum Gasteiger partial charge on any atom is 0.317 e. The average molecular weight is 319 g/mol. The molecule has 120 valence electrons. The van der Waals surface area contributed by atoms with Crippen LogP contribution in [0.1, 0.15) is 25.7 Å². The van der Waals surface area contributed by atoms with Gasteiger partial charge in [-0.05, 0) is 19.3 Å². The number of aliphatic carboxylic acids is 1. The lowest BCUT2D eigenvalue weighted by atomic mass is 10.1. The van der Waals surface area contributed by atoms with Gasteiger partial charge < -0.3 is 15.3 Å². The maximum atomic E-state index is 12.1. The molecule has 2 saturated heterocycles. The van der Waals surface area contributed by atoms with Gasteiger partial charge in [0.1, 0.15) is 0 Å². The van der Waals surface area contributed by atoms with Gasteiger partial charge in [-0.3, -0.25) is 4.79 Å². The number of rotatable bonds is 6. The minimum Gasteiger partial charge on any atom is -0.481 e. The first kappa shape index (κ1) is 16.0. The largest absolute Gasteiger partial charge is 0.481 e. The van der Waals surface area contributed by atoms with E-state index in [9.17, 15) is 18.0 Å². The number of carboxylic acids is 1. The summed E-state index contributed by atoms with van der Waals surface area (Å²) in [4.78, 5) is 23.8. The van der Waals surface area contributed by atoms with Crippen molar-refractivity contribution in [3.63, 3.8) is 0 Å². The molecule has 2 aliphatic rings. The average Bonchev–Trinajstić information content (AvgIpc) is 2.84. The molecule has 0 spiro atoms. The zero-order valence-corrected chi connectivity index (χ0v) is 12.6. The fourth-order valence-electron chi connectivity index (χ4n) is 2.80. The number of nitrogens with one attached hydrogen (secondary N) is 1. The van der Waals surface area contributed by atoms with Gasteiger partial charge in [-0.1, -0.05) is 0 Å². The number of carboxylic acid groups (broad SMARTS) is 1. The van der Waals surface area contributed by atoms with Gasteiger partial charge in [0, 0.05) is 38.6 Å². The van der Waals surface area contributed by atoms with Crippen LogP contribution in [0.4, 0.5) is 4.79 Å². The summed E-state index contributed by atoms with van der Waals surface area (Å²) in [6.07, 6.45) is 1.26. The molecule has 2 amide bonds. The molecule has 0 atom stereocenters. The first-order valence-corrected chi connectivity index (χ1v) is 8.75. The molecule has 2 aliphatic heterocycles. The van der Waals surface area contributed by atoms with Crippen molar-refractivity contribution >= 4 is 22.0 Å². The lowest BCUT2D eigenvalue weighted by Crippen LogP contribution is -2.48. The molecule has 2 heterocycles. The van der Waals surface area contributed by atoms with E-state index in [4.69, 9.17) is 5.11 Å². The number of hydrogen-bond donors (Lipinski definition) is 2. The van der Waals surface area contributed by atoms with Crippen LogP contribution >= 0.6 is 0 Å². The highest BCUT2D eigenvalue weighted by Gasteiger charge is 2.33. The summed E-state index contributed by atoms with van der Waals surface area (Å²) in [6, 6.07) is 0.0238.